The van der Waals surface area contributed by atoms with Crippen LogP contribution in [0.15, 0.2) is 42.7 Å². The van der Waals surface area contributed by atoms with E-state index in [0.29, 0.717) is 16.6 Å². The van der Waals surface area contributed by atoms with E-state index in [1.54, 1.807) is 12.1 Å². The Labute approximate surface area is 120 Å². The predicted molar refractivity (Wildman–Crippen MR) is 78.5 cm³/mol. The maximum absolute atomic E-state index is 6.21. The zero-order chi connectivity index (χ0) is 13.4. The number of rotatable bonds is 2. The molecule has 3 nitrogen and oxygen atoms in total. The van der Waals surface area contributed by atoms with Crippen LogP contribution in [-0.4, -0.2) is 9.38 Å². The number of hydrogen-bond acceptors (Lipinski definition) is 2. The SMILES string of the molecule is NCc1cccn2cc(-c3ccc(Cl)cc3Cl)nc12. The molecule has 0 atom stereocenters. The molecule has 0 unspecified atom stereocenters. The quantitative estimate of drug-likeness (QED) is 0.781. The van der Waals surface area contributed by atoms with Crippen molar-refractivity contribution in [3.63, 3.8) is 0 Å². The first-order valence-electron chi connectivity index (χ1n) is 5.81. The molecule has 5 heteroatoms. The van der Waals surface area contributed by atoms with Crippen LogP contribution in [0.25, 0.3) is 16.9 Å². The number of imidazole rings is 1. The summed E-state index contributed by atoms with van der Waals surface area (Å²) in [4.78, 5) is 4.60. The van der Waals surface area contributed by atoms with Crippen molar-refractivity contribution < 1.29 is 0 Å². The molecule has 1 aromatic carbocycles. The molecule has 0 saturated heterocycles. The second-order valence-corrected chi connectivity index (χ2v) is 5.06. The lowest BCUT2D eigenvalue weighted by atomic mass is 10.2. The van der Waals surface area contributed by atoms with Crippen LogP contribution in [0.4, 0.5) is 0 Å². The van der Waals surface area contributed by atoms with Gasteiger partial charge in [-0.25, -0.2) is 4.98 Å². The number of benzene rings is 1. The third-order valence-electron chi connectivity index (χ3n) is 2.99. The molecule has 0 aliphatic carbocycles. The van der Waals surface area contributed by atoms with Crippen LogP contribution in [0.5, 0.6) is 0 Å². The lowest BCUT2D eigenvalue weighted by Crippen LogP contribution is -1.99. The lowest BCUT2D eigenvalue weighted by Gasteiger charge is -2.00. The van der Waals surface area contributed by atoms with Crippen molar-refractivity contribution in [1.82, 2.24) is 9.38 Å². The van der Waals surface area contributed by atoms with Crippen LogP contribution in [0.3, 0.4) is 0 Å². The van der Waals surface area contributed by atoms with Gasteiger partial charge in [-0.2, -0.15) is 0 Å². The Balaban J connectivity index is 2.20. The average Bonchev–Trinajstić information content (AvgIpc) is 2.81. The highest BCUT2D eigenvalue weighted by Crippen LogP contribution is 2.30. The van der Waals surface area contributed by atoms with Gasteiger partial charge in [-0.05, 0) is 24.3 Å². The van der Waals surface area contributed by atoms with Gasteiger partial charge in [0.15, 0.2) is 0 Å². The maximum atomic E-state index is 6.21. The third-order valence-corrected chi connectivity index (χ3v) is 3.54. The number of nitrogens with zero attached hydrogens (tertiary/aromatic N) is 2. The zero-order valence-corrected chi connectivity index (χ0v) is 11.5. The maximum Gasteiger partial charge on any atom is 0.141 e. The molecule has 2 aromatic heterocycles. The molecular weight excluding hydrogens is 281 g/mol. The Bertz CT molecular complexity index is 750. The van der Waals surface area contributed by atoms with Gasteiger partial charge in [-0.3, -0.25) is 0 Å². The molecule has 0 amide bonds. The number of nitrogens with two attached hydrogens (primary N) is 1. The summed E-state index contributed by atoms with van der Waals surface area (Å²) in [5, 5.41) is 1.20. The van der Waals surface area contributed by atoms with Gasteiger partial charge in [0, 0.05) is 35.1 Å². The molecule has 0 aliphatic heterocycles. The molecule has 2 heterocycles. The monoisotopic (exact) mass is 291 g/mol. The van der Waals surface area contributed by atoms with Crippen LogP contribution in [-0.2, 0) is 6.54 Å². The van der Waals surface area contributed by atoms with Gasteiger partial charge in [0.1, 0.15) is 5.65 Å². The normalized spacial score (nSPS) is 11.1. The minimum absolute atomic E-state index is 0.454. The first kappa shape index (κ1) is 12.5. The molecule has 0 saturated carbocycles. The molecule has 0 spiro atoms. The standard InChI is InChI=1S/C14H11Cl2N3/c15-10-3-4-11(12(16)6-10)13-8-19-5-1-2-9(7-17)14(19)18-13/h1-6,8H,7,17H2. The Morgan fingerprint density at radius 2 is 2.05 bits per heavy atom. The smallest absolute Gasteiger partial charge is 0.141 e. The number of halogens is 2. The predicted octanol–water partition coefficient (Wildman–Crippen LogP) is 3.77. The minimum Gasteiger partial charge on any atom is -0.326 e. The van der Waals surface area contributed by atoms with E-state index in [1.165, 1.54) is 0 Å². The second kappa shape index (κ2) is 4.85. The van der Waals surface area contributed by atoms with Gasteiger partial charge in [-0.15, -0.1) is 0 Å². The van der Waals surface area contributed by atoms with E-state index >= 15 is 0 Å². The number of hydrogen-bond donors (Lipinski definition) is 1. The first-order valence-corrected chi connectivity index (χ1v) is 6.56. The van der Waals surface area contributed by atoms with Gasteiger partial charge in [-0.1, -0.05) is 29.3 Å². The van der Waals surface area contributed by atoms with E-state index in [1.807, 2.05) is 35.0 Å². The van der Waals surface area contributed by atoms with Crippen molar-refractivity contribution in [3.8, 4) is 11.3 Å². The Kier molecular flexibility index (Phi) is 3.19. The van der Waals surface area contributed by atoms with E-state index in [0.717, 1.165) is 22.5 Å². The fourth-order valence-corrected chi connectivity index (χ4v) is 2.56. The largest absolute Gasteiger partial charge is 0.326 e. The molecule has 2 N–H and O–H groups in total. The highest BCUT2D eigenvalue weighted by atomic mass is 35.5. The van der Waals surface area contributed by atoms with Crippen molar-refractivity contribution in [2.45, 2.75) is 6.54 Å². The van der Waals surface area contributed by atoms with Crippen molar-refractivity contribution in [2.24, 2.45) is 5.73 Å². The van der Waals surface area contributed by atoms with Gasteiger partial charge in [0.25, 0.3) is 0 Å². The molecule has 19 heavy (non-hydrogen) atoms. The molecule has 0 fully saturated rings. The van der Waals surface area contributed by atoms with E-state index in [4.69, 9.17) is 28.9 Å². The van der Waals surface area contributed by atoms with Crippen molar-refractivity contribution >= 4 is 28.8 Å². The van der Waals surface area contributed by atoms with Gasteiger partial charge in [0.2, 0.25) is 0 Å². The summed E-state index contributed by atoms with van der Waals surface area (Å²) < 4.78 is 1.95. The van der Waals surface area contributed by atoms with Gasteiger partial charge in [0.05, 0.1) is 10.7 Å². The summed E-state index contributed by atoms with van der Waals surface area (Å²) >= 11 is 12.1. The van der Waals surface area contributed by atoms with Crippen molar-refractivity contribution in [2.75, 3.05) is 0 Å². The third kappa shape index (κ3) is 2.21. The second-order valence-electron chi connectivity index (χ2n) is 4.22. The molecule has 96 valence electrons. The highest BCUT2D eigenvalue weighted by Gasteiger charge is 2.10. The summed E-state index contributed by atoms with van der Waals surface area (Å²) in [5.74, 6) is 0. The van der Waals surface area contributed by atoms with Gasteiger partial charge < -0.3 is 10.1 Å². The van der Waals surface area contributed by atoms with Crippen molar-refractivity contribution in [1.29, 1.82) is 0 Å². The fourth-order valence-electron chi connectivity index (χ4n) is 2.06. The van der Waals surface area contributed by atoms with E-state index in [-0.39, 0.29) is 0 Å². The number of fused-ring (bicyclic) bond motifs is 1. The van der Waals surface area contributed by atoms with E-state index in [2.05, 4.69) is 4.98 Å². The van der Waals surface area contributed by atoms with Crippen LogP contribution >= 0.6 is 23.2 Å². The molecule has 0 aliphatic rings. The minimum atomic E-state index is 0.454. The summed E-state index contributed by atoms with van der Waals surface area (Å²) in [6, 6.07) is 9.30. The zero-order valence-electron chi connectivity index (χ0n) is 9.98. The van der Waals surface area contributed by atoms with Gasteiger partial charge >= 0.3 is 0 Å². The molecule has 0 radical (unpaired) electrons. The molecule has 3 aromatic rings. The van der Waals surface area contributed by atoms with E-state index < -0.39 is 0 Å². The average molecular weight is 292 g/mol. The summed E-state index contributed by atoms with van der Waals surface area (Å²) in [5.41, 5.74) is 9.24. The lowest BCUT2D eigenvalue weighted by molar-refractivity contribution is 1.04. The van der Waals surface area contributed by atoms with Crippen LogP contribution in [0, 0.1) is 0 Å². The Morgan fingerprint density at radius 3 is 2.79 bits per heavy atom. The molecule has 3 rings (SSSR count). The molecule has 0 bridgehead atoms. The van der Waals surface area contributed by atoms with E-state index in [9.17, 15) is 0 Å². The van der Waals surface area contributed by atoms with Crippen LogP contribution < -0.4 is 5.73 Å². The summed E-state index contributed by atoms with van der Waals surface area (Å²) in [7, 11) is 0. The van der Waals surface area contributed by atoms with Crippen molar-refractivity contribution in [3.05, 3.63) is 58.3 Å². The van der Waals surface area contributed by atoms with Crippen LogP contribution in [0.1, 0.15) is 5.56 Å². The van der Waals surface area contributed by atoms with Crippen LogP contribution in [0.2, 0.25) is 10.0 Å². The topological polar surface area (TPSA) is 43.3 Å². The summed E-state index contributed by atoms with van der Waals surface area (Å²) in [6.07, 6.45) is 3.87. The fraction of sp³-hybridized carbons (Fsp3) is 0.0714. The molecular formula is C14H11Cl2N3. The Morgan fingerprint density at radius 1 is 1.21 bits per heavy atom. The number of pyridine rings is 1. The first-order chi connectivity index (χ1) is 9.19. The summed E-state index contributed by atoms with van der Waals surface area (Å²) in [6.45, 7) is 0.454. The number of aromatic nitrogens is 2. The highest BCUT2D eigenvalue weighted by molar-refractivity contribution is 6.36. The Hall–Kier alpha value is -1.55.